The number of hydrogen-bond acceptors (Lipinski definition) is 6. The first-order chi connectivity index (χ1) is 14.4. The second kappa shape index (κ2) is 14.2. The van der Waals surface area contributed by atoms with Crippen molar-refractivity contribution in [1.29, 1.82) is 0 Å². The summed E-state index contributed by atoms with van der Waals surface area (Å²) < 4.78 is 5.49. The monoisotopic (exact) mass is 547 g/mol. The van der Waals surface area contributed by atoms with E-state index >= 15 is 0 Å². The summed E-state index contributed by atoms with van der Waals surface area (Å²) >= 11 is 0. The Bertz CT molecular complexity index is 721. The first kappa shape index (κ1) is 27.1. The van der Waals surface area contributed by atoms with E-state index in [-0.39, 0.29) is 42.8 Å². The van der Waals surface area contributed by atoms with E-state index in [2.05, 4.69) is 34.0 Å². The smallest absolute Gasteiger partial charge is 0.269 e. The van der Waals surface area contributed by atoms with Crippen molar-refractivity contribution < 1.29 is 14.8 Å². The summed E-state index contributed by atoms with van der Waals surface area (Å²) in [4.78, 5) is 17.1. The zero-order chi connectivity index (χ0) is 21.9. The molecule has 9 nitrogen and oxygen atoms in total. The highest BCUT2D eigenvalue weighted by atomic mass is 127. The molecule has 0 bridgehead atoms. The molecule has 1 heterocycles. The summed E-state index contributed by atoms with van der Waals surface area (Å²) in [6.07, 6.45) is 1.28. The van der Waals surface area contributed by atoms with E-state index in [1.807, 2.05) is 6.92 Å². The Hall–Kier alpha value is -1.92. The number of halogens is 1. The van der Waals surface area contributed by atoms with Crippen LogP contribution in [-0.2, 0) is 0 Å². The quantitative estimate of drug-likeness (QED) is 0.103. The largest absolute Gasteiger partial charge is 0.491 e. The molecule has 174 valence electrons. The Morgan fingerprint density at radius 3 is 2.58 bits per heavy atom. The van der Waals surface area contributed by atoms with Gasteiger partial charge in [0, 0.05) is 44.4 Å². The van der Waals surface area contributed by atoms with Gasteiger partial charge in [-0.15, -0.1) is 24.0 Å². The Labute approximate surface area is 201 Å². The van der Waals surface area contributed by atoms with Crippen LogP contribution in [0.15, 0.2) is 41.4 Å². The number of hydrogen-bond donors (Lipinski definition) is 3. The minimum Gasteiger partial charge on any atom is -0.491 e. The van der Waals surface area contributed by atoms with Crippen LogP contribution in [0.1, 0.15) is 26.7 Å². The number of aliphatic hydroxyl groups excluding tert-OH is 1. The van der Waals surface area contributed by atoms with Crippen molar-refractivity contribution in [1.82, 2.24) is 15.5 Å². The van der Waals surface area contributed by atoms with Crippen molar-refractivity contribution in [3.63, 3.8) is 0 Å². The molecule has 1 aromatic carbocycles. The van der Waals surface area contributed by atoms with Gasteiger partial charge in [0.15, 0.2) is 5.96 Å². The van der Waals surface area contributed by atoms with Gasteiger partial charge in [-0.3, -0.25) is 20.0 Å². The second-order valence-corrected chi connectivity index (χ2v) is 7.59. The fourth-order valence-electron chi connectivity index (χ4n) is 3.24. The fourth-order valence-corrected chi connectivity index (χ4v) is 3.24. The number of guanidine groups is 1. The van der Waals surface area contributed by atoms with Gasteiger partial charge >= 0.3 is 0 Å². The van der Waals surface area contributed by atoms with Crippen LogP contribution >= 0.6 is 24.0 Å². The first-order valence-corrected chi connectivity index (χ1v) is 10.3. The van der Waals surface area contributed by atoms with Crippen LogP contribution < -0.4 is 15.4 Å². The maximum Gasteiger partial charge on any atom is 0.269 e. The minimum atomic E-state index is -0.784. The van der Waals surface area contributed by atoms with Gasteiger partial charge in [0.2, 0.25) is 0 Å². The van der Waals surface area contributed by atoms with Crippen LogP contribution in [0.5, 0.6) is 5.75 Å². The number of nitrogens with zero attached hydrogens (tertiary/aromatic N) is 3. The van der Waals surface area contributed by atoms with E-state index in [0.717, 1.165) is 39.0 Å². The molecule has 3 N–H and O–H groups in total. The lowest BCUT2D eigenvalue weighted by Gasteiger charge is -2.33. The Morgan fingerprint density at radius 1 is 1.39 bits per heavy atom. The van der Waals surface area contributed by atoms with Crippen LogP contribution in [0.4, 0.5) is 5.69 Å². The van der Waals surface area contributed by atoms with Crippen molar-refractivity contribution in [3.8, 4) is 5.75 Å². The summed E-state index contributed by atoms with van der Waals surface area (Å²) in [5, 5.41) is 27.5. The number of aliphatic hydroxyl groups is 1. The normalized spacial score (nSPS) is 16.2. The van der Waals surface area contributed by atoms with Gasteiger partial charge in [0.25, 0.3) is 5.69 Å². The van der Waals surface area contributed by atoms with E-state index in [0.29, 0.717) is 17.8 Å². The molecule has 0 aliphatic carbocycles. The predicted octanol–water partition coefficient (Wildman–Crippen LogP) is 2.55. The van der Waals surface area contributed by atoms with Crippen LogP contribution in [0.3, 0.4) is 0 Å². The highest BCUT2D eigenvalue weighted by Gasteiger charge is 2.20. The number of non-ortho nitro benzene ring substituents is 1. The number of piperidine rings is 1. The predicted molar refractivity (Wildman–Crippen MR) is 133 cm³/mol. The SMILES string of the molecule is C=C(C)CN1CCC(NC(=NCC(O)COc2ccc([N+](=O)[O-])cc2)NCC)CC1.I. The molecule has 1 aliphatic rings. The van der Waals surface area contributed by atoms with Crippen molar-refractivity contribution in [2.24, 2.45) is 4.99 Å². The van der Waals surface area contributed by atoms with E-state index in [4.69, 9.17) is 4.74 Å². The summed E-state index contributed by atoms with van der Waals surface area (Å²) in [6, 6.07) is 6.11. The molecule has 31 heavy (non-hydrogen) atoms. The number of benzene rings is 1. The van der Waals surface area contributed by atoms with Crippen molar-refractivity contribution in [3.05, 3.63) is 46.5 Å². The van der Waals surface area contributed by atoms with Gasteiger partial charge in [-0.1, -0.05) is 12.2 Å². The highest BCUT2D eigenvalue weighted by molar-refractivity contribution is 14.0. The highest BCUT2D eigenvalue weighted by Crippen LogP contribution is 2.17. The molecule has 1 saturated heterocycles. The second-order valence-electron chi connectivity index (χ2n) is 7.59. The number of likely N-dealkylation sites (tertiary alicyclic amines) is 1. The molecule has 2 rings (SSSR count). The molecule has 0 aromatic heterocycles. The topological polar surface area (TPSA) is 112 Å². The molecule has 1 unspecified atom stereocenters. The third kappa shape index (κ3) is 10.3. The van der Waals surface area contributed by atoms with Gasteiger partial charge in [-0.25, -0.2) is 0 Å². The number of nitro groups is 1. The number of nitro benzene ring substituents is 1. The van der Waals surface area contributed by atoms with E-state index in [9.17, 15) is 15.2 Å². The lowest BCUT2D eigenvalue weighted by Crippen LogP contribution is -2.49. The molecule has 1 aliphatic heterocycles. The molecule has 0 radical (unpaired) electrons. The summed E-state index contributed by atoms with van der Waals surface area (Å²) in [5.74, 6) is 1.15. The van der Waals surface area contributed by atoms with Crippen LogP contribution in [0, 0.1) is 10.1 Å². The zero-order valence-corrected chi connectivity index (χ0v) is 20.6. The van der Waals surface area contributed by atoms with Crippen molar-refractivity contribution >= 4 is 35.6 Å². The molecular formula is C21H34IN5O4. The van der Waals surface area contributed by atoms with E-state index < -0.39 is 11.0 Å². The number of aliphatic imine (C=N–C) groups is 1. The molecule has 1 atom stereocenters. The molecule has 0 spiro atoms. The van der Waals surface area contributed by atoms with Crippen LogP contribution in [0.25, 0.3) is 0 Å². The van der Waals surface area contributed by atoms with Gasteiger partial charge in [-0.2, -0.15) is 0 Å². The molecule has 1 aromatic rings. The van der Waals surface area contributed by atoms with Gasteiger partial charge < -0.3 is 20.5 Å². The van der Waals surface area contributed by atoms with E-state index in [1.54, 1.807) is 0 Å². The lowest BCUT2D eigenvalue weighted by atomic mass is 10.0. The van der Waals surface area contributed by atoms with Gasteiger partial charge in [-0.05, 0) is 38.8 Å². The molecular weight excluding hydrogens is 513 g/mol. The average Bonchev–Trinajstić information content (AvgIpc) is 2.72. The Kier molecular flexibility index (Phi) is 12.4. The lowest BCUT2D eigenvalue weighted by molar-refractivity contribution is -0.384. The molecule has 0 amide bonds. The third-order valence-corrected chi connectivity index (χ3v) is 4.72. The number of ether oxygens (including phenoxy) is 1. The van der Waals surface area contributed by atoms with E-state index in [1.165, 1.54) is 29.8 Å². The Balaban J connectivity index is 0.00000480. The summed E-state index contributed by atoms with van der Waals surface area (Å²) in [7, 11) is 0. The van der Waals surface area contributed by atoms with Crippen LogP contribution in [-0.4, -0.2) is 72.4 Å². The third-order valence-electron chi connectivity index (χ3n) is 4.72. The number of rotatable bonds is 10. The maximum atomic E-state index is 10.7. The first-order valence-electron chi connectivity index (χ1n) is 10.3. The zero-order valence-electron chi connectivity index (χ0n) is 18.2. The van der Waals surface area contributed by atoms with Gasteiger partial charge in [0.1, 0.15) is 18.5 Å². The summed E-state index contributed by atoms with van der Waals surface area (Å²) in [5.41, 5.74) is 1.18. The minimum absolute atomic E-state index is 0. The standard InChI is InChI=1S/C21H33N5O4.HI/c1-4-22-21(24-17-9-11-25(12-10-17)14-16(2)3)23-13-19(27)15-30-20-7-5-18(6-8-20)26(28)29;/h5-8,17,19,27H,2,4,9-15H2,1,3H3,(H2,22,23,24);1H. The van der Waals surface area contributed by atoms with Crippen molar-refractivity contribution in [2.75, 3.05) is 39.3 Å². The number of nitrogens with one attached hydrogen (secondary N) is 2. The molecule has 1 fully saturated rings. The fraction of sp³-hybridized carbons (Fsp3) is 0.571. The van der Waals surface area contributed by atoms with Gasteiger partial charge in [0.05, 0.1) is 11.5 Å². The molecule has 0 saturated carbocycles. The summed E-state index contributed by atoms with van der Waals surface area (Å²) in [6.45, 7) is 12.0. The van der Waals surface area contributed by atoms with Crippen molar-refractivity contribution in [2.45, 2.75) is 38.8 Å². The molecule has 10 heteroatoms. The maximum absolute atomic E-state index is 10.7. The van der Waals surface area contributed by atoms with Crippen LogP contribution in [0.2, 0.25) is 0 Å². The Morgan fingerprint density at radius 2 is 2.03 bits per heavy atom. The average molecular weight is 547 g/mol.